The van der Waals surface area contributed by atoms with Gasteiger partial charge in [-0.25, -0.2) is 0 Å². The molecule has 0 bridgehead atoms. The summed E-state index contributed by atoms with van der Waals surface area (Å²) >= 11 is 5.96. The Labute approximate surface area is 171 Å². The lowest BCUT2D eigenvalue weighted by Crippen LogP contribution is -2.30. The van der Waals surface area contributed by atoms with E-state index in [1.807, 2.05) is 12.4 Å². The number of nitrogens with zero attached hydrogens (tertiary/aromatic N) is 2. The Morgan fingerprint density at radius 1 is 0.889 bits per heavy atom. The fourth-order valence-corrected chi connectivity index (χ4v) is 3.84. The maximum atomic E-state index is 5.96. The summed E-state index contributed by atoms with van der Waals surface area (Å²) in [5.41, 5.74) is 5.36. The molecule has 2 aromatic rings. The lowest BCUT2D eigenvalue weighted by Gasteiger charge is -2.30. The summed E-state index contributed by atoms with van der Waals surface area (Å²) < 4.78 is 0. The largest absolute Gasteiger partial charge is 0.331 e. The first kappa shape index (κ1) is 21.6. The first-order valence-electron chi connectivity index (χ1n) is 10.5. The number of thiocarbonyl (C=S) groups is 1. The van der Waals surface area contributed by atoms with Crippen molar-refractivity contribution in [3.05, 3.63) is 59.4 Å². The van der Waals surface area contributed by atoms with Crippen LogP contribution in [0.25, 0.3) is 0 Å². The van der Waals surface area contributed by atoms with Crippen LogP contribution in [0.15, 0.2) is 42.7 Å². The zero-order valence-corrected chi connectivity index (χ0v) is 18.0. The number of rotatable bonds is 11. The third kappa shape index (κ3) is 6.42. The highest BCUT2D eigenvalue weighted by Gasteiger charge is 2.18. The molecule has 146 valence electrons. The van der Waals surface area contributed by atoms with Gasteiger partial charge in [-0.3, -0.25) is 4.98 Å². The summed E-state index contributed by atoms with van der Waals surface area (Å²) in [6.45, 7) is 7.54. The Morgan fingerprint density at radius 3 is 2.11 bits per heavy atom. The summed E-state index contributed by atoms with van der Waals surface area (Å²) in [4.78, 5) is 7.62. The van der Waals surface area contributed by atoms with Crippen LogP contribution >= 0.6 is 12.2 Å². The van der Waals surface area contributed by atoms with Crippen molar-refractivity contribution in [3.8, 4) is 0 Å². The Kier molecular flexibility index (Phi) is 9.47. The van der Waals surface area contributed by atoms with Crippen LogP contribution in [0.3, 0.4) is 0 Å². The highest BCUT2D eigenvalue weighted by molar-refractivity contribution is 7.80. The molecule has 0 unspecified atom stereocenters. The Morgan fingerprint density at radius 2 is 1.52 bits per heavy atom. The molecule has 27 heavy (non-hydrogen) atoms. The average Bonchev–Trinajstić information content (AvgIpc) is 2.72. The number of pyridine rings is 1. The molecule has 1 aromatic carbocycles. The number of anilines is 1. The summed E-state index contributed by atoms with van der Waals surface area (Å²) in [7, 11) is 0. The first-order valence-corrected chi connectivity index (χ1v) is 10.9. The number of unbranched alkanes of at least 4 members (excludes halogenated alkanes) is 4. The zero-order valence-electron chi connectivity index (χ0n) is 17.2. The van der Waals surface area contributed by atoms with Crippen LogP contribution in [0.5, 0.6) is 0 Å². The number of hydrogen-bond donors (Lipinski definition) is 0. The zero-order chi connectivity index (χ0) is 19.5. The van der Waals surface area contributed by atoms with Crippen LogP contribution in [-0.4, -0.2) is 9.97 Å². The predicted molar refractivity (Wildman–Crippen MR) is 122 cm³/mol. The average molecular weight is 383 g/mol. The fourth-order valence-electron chi connectivity index (χ4n) is 3.54. The highest BCUT2D eigenvalue weighted by Crippen LogP contribution is 2.30. The van der Waals surface area contributed by atoms with E-state index in [1.165, 1.54) is 54.5 Å². The molecule has 2 nitrogen and oxygen atoms in total. The number of hydrogen-bond acceptors (Lipinski definition) is 2. The van der Waals surface area contributed by atoms with Crippen LogP contribution in [0, 0.1) is 0 Å². The molecule has 0 aliphatic rings. The molecule has 0 spiro atoms. The van der Waals surface area contributed by atoms with Crippen molar-refractivity contribution in [3.63, 3.8) is 0 Å². The van der Waals surface area contributed by atoms with Gasteiger partial charge in [0.2, 0.25) is 0 Å². The molecule has 1 aromatic heterocycles. The van der Waals surface area contributed by atoms with Gasteiger partial charge in [-0.2, -0.15) is 0 Å². The molecule has 0 saturated heterocycles. The molecule has 0 aliphatic heterocycles. The van der Waals surface area contributed by atoms with E-state index < -0.39 is 0 Å². The van der Waals surface area contributed by atoms with Gasteiger partial charge in [0.1, 0.15) is 0 Å². The Bertz CT molecular complexity index is 675. The van der Waals surface area contributed by atoms with E-state index in [2.05, 4.69) is 61.0 Å². The van der Waals surface area contributed by atoms with Crippen LogP contribution in [-0.2, 0) is 19.4 Å². The topological polar surface area (TPSA) is 16.1 Å². The van der Waals surface area contributed by atoms with E-state index in [-0.39, 0.29) is 0 Å². The second kappa shape index (κ2) is 11.9. The summed E-state index contributed by atoms with van der Waals surface area (Å²) in [5.74, 6) is 0. The van der Waals surface area contributed by atoms with Crippen molar-refractivity contribution in [2.45, 2.75) is 78.7 Å². The summed E-state index contributed by atoms with van der Waals surface area (Å²) in [6, 6.07) is 10.9. The van der Waals surface area contributed by atoms with Gasteiger partial charge in [0.25, 0.3) is 0 Å². The smallest absolute Gasteiger partial charge is 0.0826 e. The Hall–Kier alpha value is -1.74. The van der Waals surface area contributed by atoms with E-state index in [1.54, 1.807) is 0 Å². The molecular weight excluding hydrogens is 348 g/mol. The van der Waals surface area contributed by atoms with E-state index in [4.69, 9.17) is 12.2 Å². The fraction of sp³-hybridized carbons (Fsp3) is 0.500. The second-order valence-electron chi connectivity index (χ2n) is 7.13. The summed E-state index contributed by atoms with van der Waals surface area (Å²) in [6.07, 6.45) is 13.1. The normalized spacial score (nSPS) is 10.8. The minimum absolute atomic E-state index is 0.820. The quantitative estimate of drug-likeness (QED) is 0.310. The first-order chi connectivity index (χ1) is 13.2. The van der Waals surface area contributed by atoms with Crippen LogP contribution in [0.1, 0.15) is 76.0 Å². The van der Waals surface area contributed by atoms with Gasteiger partial charge < -0.3 is 4.90 Å². The molecular formula is C24H34N2S. The highest BCUT2D eigenvalue weighted by atomic mass is 32.1. The number of benzene rings is 1. The second-order valence-corrected chi connectivity index (χ2v) is 7.60. The summed E-state index contributed by atoms with van der Waals surface area (Å²) in [5, 5.41) is 0. The van der Waals surface area contributed by atoms with Crippen LogP contribution < -0.4 is 4.90 Å². The van der Waals surface area contributed by atoms with E-state index in [0.717, 1.165) is 30.8 Å². The molecule has 0 amide bonds. The van der Waals surface area contributed by atoms with Crippen LogP contribution in [0.4, 0.5) is 5.69 Å². The van der Waals surface area contributed by atoms with Gasteiger partial charge in [-0.1, -0.05) is 76.9 Å². The van der Waals surface area contributed by atoms with Crippen molar-refractivity contribution in [2.75, 3.05) is 4.90 Å². The maximum Gasteiger partial charge on any atom is 0.0826 e. The minimum atomic E-state index is 0.820. The SMILES string of the molecule is CCCCCCCC(=S)N(Cc1ccncc1)c1c(CC)cccc1CC. The lowest BCUT2D eigenvalue weighted by atomic mass is 10.0. The maximum absolute atomic E-state index is 5.96. The molecule has 3 heteroatoms. The van der Waals surface area contributed by atoms with Crippen molar-refractivity contribution in [1.29, 1.82) is 0 Å². The molecule has 0 fully saturated rings. The predicted octanol–water partition coefficient (Wildman–Crippen LogP) is 6.90. The molecule has 2 rings (SSSR count). The van der Waals surface area contributed by atoms with E-state index >= 15 is 0 Å². The third-order valence-electron chi connectivity index (χ3n) is 5.12. The number of aryl methyl sites for hydroxylation is 2. The molecule has 0 saturated carbocycles. The van der Waals surface area contributed by atoms with Gasteiger partial charge in [-0.05, 0) is 54.5 Å². The van der Waals surface area contributed by atoms with E-state index in [0.29, 0.717) is 0 Å². The van der Waals surface area contributed by atoms with E-state index in [9.17, 15) is 0 Å². The van der Waals surface area contributed by atoms with Gasteiger partial charge in [0, 0.05) is 24.6 Å². The van der Waals surface area contributed by atoms with Crippen molar-refractivity contribution in [2.24, 2.45) is 0 Å². The van der Waals surface area contributed by atoms with Gasteiger partial charge >= 0.3 is 0 Å². The molecule has 1 heterocycles. The molecule has 0 atom stereocenters. The third-order valence-corrected chi connectivity index (χ3v) is 5.54. The van der Waals surface area contributed by atoms with Crippen molar-refractivity contribution < 1.29 is 0 Å². The van der Waals surface area contributed by atoms with Gasteiger partial charge in [0.15, 0.2) is 0 Å². The number of para-hydroxylation sites is 1. The molecule has 0 radical (unpaired) electrons. The monoisotopic (exact) mass is 382 g/mol. The lowest BCUT2D eigenvalue weighted by molar-refractivity contribution is 0.642. The molecule has 0 N–H and O–H groups in total. The van der Waals surface area contributed by atoms with Gasteiger partial charge in [0.05, 0.1) is 4.99 Å². The van der Waals surface area contributed by atoms with Gasteiger partial charge in [-0.15, -0.1) is 0 Å². The molecule has 0 aliphatic carbocycles. The van der Waals surface area contributed by atoms with Crippen molar-refractivity contribution in [1.82, 2.24) is 4.98 Å². The standard InChI is InChI=1S/C24H34N2S/c1-4-7-8-9-10-14-23(27)26(19-20-15-17-25-18-16-20)24-21(5-2)12-11-13-22(24)6-3/h11-13,15-18H,4-10,14,19H2,1-3H3. The van der Waals surface area contributed by atoms with Crippen molar-refractivity contribution >= 4 is 22.9 Å². The van der Waals surface area contributed by atoms with Crippen LogP contribution in [0.2, 0.25) is 0 Å². The minimum Gasteiger partial charge on any atom is -0.331 e. The number of aromatic nitrogens is 1. The Balaban J connectivity index is 2.26.